The maximum Gasteiger partial charge on any atom is 0.223 e. The molecule has 0 spiro atoms. The number of pyridine rings is 1. The van der Waals surface area contributed by atoms with Crippen molar-refractivity contribution in [2.45, 2.75) is 13.0 Å². The molecule has 26 heavy (non-hydrogen) atoms. The molecular weight excluding hydrogens is 354 g/mol. The highest BCUT2D eigenvalue weighted by Gasteiger charge is 2.17. The van der Waals surface area contributed by atoms with E-state index in [0.717, 1.165) is 11.8 Å². The molecule has 1 aromatic heterocycles. The first-order valence-electron chi connectivity index (χ1n) is 8.24. The Hall–Kier alpha value is -2.45. The molecule has 0 unspecified atom stereocenters. The molecule has 140 valence electrons. The van der Waals surface area contributed by atoms with Crippen LogP contribution in [0.4, 0.5) is 0 Å². The quantitative estimate of drug-likeness (QED) is 0.677. The van der Waals surface area contributed by atoms with E-state index in [1.165, 1.54) is 4.31 Å². The van der Waals surface area contributed by atoms with Gasteiger partial charge in [-0.2, -0.15) is 4.31 Å². The van der Waals surface area contributed by atoms with E-state index in [1.54, 1.807) is 18.5 Å². The Balaban J connectivity index is 1.73. The van der Waals surface area contributed by atoms with Crippen LogP contribution in [0.15, 0.2) is 54.9 Å². The molecule has 0 saturated carbocycles. The van der Waals surface area contributed by atoms with Crippen LogP contribution in [0.2, 0.25) is 0 Å². The highest BCUT2D eigenvalue weighted by Crippen LogP contribution is 2.08. The van der Waals surface area contributed by atoms with Crippen LogP contribution in [0.25, 0.3) is 0 Å². The van der Waals surface area contributed by atoms with Crippen LogP contribution < -0.4 is 10.1 Å². The van der Waals surface area contributed by atoms with Gasteiger partial charge in [-0.25, -0.2) is 8.42 Å². The van der Waals surface area contributed by atoms with Crippen LogP contribution in [0, 0.1) is 0 Å². The molecule has 0 fully saturated rings. The molecule has 0 aliphatic heterocycles. The largest absolute Gasteiger partial charge is 0.493 e. The van der Waals surface area contributed by atoms with Crippen molar-refractivity contribution in [1.29, 1.82) is 0 Å². The van der Waals surface area contributed by atoms with Gasteiger partial charge in [0.1, 0.15) is 5.75 Å². The SMILES string of the molecule is CS(=O)(=O)N(CCNC(=O)CCOc1ccccc1)Cc1cccnc1. The maximum atomic E-state index is 11.9. The zero-order valence-electron chi connectivity index (χ0n) is 14.7. The number of benzene rings is 1. The number of para-hydroxylation sites is 1. The third-order valence-corrected chi connectivity index (χ3v) is 4.82. The first-order chi connectivity index (χ1) is 12.4. The van der Waals surface area contributed by atoms with Gasteiger partial charge in [-0.1, -0.05) is 24.3 Å². The lowest BCUT2D eigenvalue weighted by Gasteiger charge is -2.20. The smallest absolute Gasteiger partial charge is 0.223 e. The summed E-state index contributed by atoms with van der Waals surface area (Å²) in [5.74, 6) is 0.524. The number of rotatable bonds is 10. The van der Waals surface area contributed by atoms with E-state index in [-0.39, 0.29) is 38.6 Å². The standard InChI is InChI=1S/C18H23N3O4S/c1-26(23,24)21(15-16-6-5-10-19-14-16)12-11-20-18(22)9-13-25-17-7-3-2-4-8-17/h2-8,10,14H,9,11-13,15H2,1H3,(H,20,22). The minimum absolute atomic E-state index is 0.184. The van der Waals surface area contributed by atoms with Gasteiger partial charge in [-0.3, -0.25) is 9.78 Å². The summed E-state index contributed by atoms with van der Waals surface area (Å²) in [7, 11) is -3.38. The lowest BCUT2D eigenvalue weighted by molar-refractivity contribution is -0.121. The van der Waals surface area contributed by atoms with Gasteiger partial charge in [0.25, 0.3) is 0 Å². The van der Waals surface area contributed by atoms with Crippen molar-refractivity contribution in [1.82, 2.24) is 14.6 Å². The molecule has 0 atom stereocenters. The summed E-state index contributed by atoms with van der Waals surface area (Å²) >= 11 is 0. The summed E-state index contributed by atoms with van der Waals surface area (Å²) in [5, 5.41) is 2.72. The maximum absolute atomic E-state index is 11.9. The molecule has 0 aliphatic rings. The molecule has 2 rings (SSSR count). The third-order valence-electron chi connectivity index (χ3n) is 3.58. The number of hydrogen-bond donors (Lipinski definition) is 1. The van der Waals surface area contributed by atoms with Gasteiger partial charge in [-0.05, 0) is 23.8 Å². The third kappa shape index (κ3) is 7.20. The number of carbonyl (C=O) groups is 1. The number of nitrogens with zero attached hydrogens (tertiary/aromatic N) is 2. The van der Waals surface area contributed by atoms with Crippen molar-refractivity contribution in [3.63, 3.8) is 0 Å². The minimum Gasteiger partial charge on any atom is -0.493 e. The van der Waals surface area contributed by atoms with E-state index in [2.05, 4.69) is 10.3 Å². The van der Waals surface area contributed by atoms with Crippen LogP contribution >= 0.6 is 0 Å². The van der Waals surface area contributed by atoms with Crippen LogP contribution in [0.1, 0.15) is 12.0 Å². The first kappa shape index (κ1) is 19.9. The zero-order chi connectivity index (χ0) is 18.8. The van der Waals surface area contributed by atoms with Crippen LogP contribution in [0.3, 0.4) is 0 Å². The van der Waals surface area contributed by atoms with Crippen LogP contribution in [-0.2, 0) is 21.4 Å². The molecule has 0 radical (unpaired) electrons. The molecular formula is C18H23N3O4S. The molecule has 1 heterocycles. The summed E-state index contributed by atoms with van der Waals surface area (Å²) in [4.78, 5) is 15.8. The fourth-order valence-corrected chi connectivity index (χ4v) is 3.05. The normalized spacial score (nSPS) is 11.3. The zero-order valence-corrected chi connectivity index (χ0v) is 15.5. The molecule has 0 aliphatic carbocycles. The number of nitrogens with one attached hydrogen (secondary N) is 1. The second-order valence-electron chi connectivity index (χ2n) is 5.72. The van der Waals surface area contributed by atoms with E-state index in [4.69, 9.17) is 4.74 Å². The summed E-state index contributed by atoms with van der Waals surface area (Å²) in [5.41, 5.74) is 0.792. The second kappa shape index (κ2) is 9.88. The Kier molecular flexibility index (Phi) is 7.55. The fourth-order valence-electron chi connectivity index (χ4n) is 2.24. The molecule has 8 heteroatoms. The fraction of sp³-hybridized carbons (Fsp3) is 0.333. The first-order valence-corrected chi connectivity index (χ1v) is 10.1. The number of carbonyl (C=O) groups excluding carboxylic acids is 1. The van der Waals surface area contributed by atoms with Gasteiger partial charge in [0.15, 0.2) is 0 Å². The number of ether oxygens (including phenoxy) is 1. The Bertz CT molecular complexity index is 783. The molecule has 1 amide bonds. The van der Waals surface area contributed by atoms with Crippen molar-refractivity contribution < 1.29 is 17.9 Å². The summed E-state index contributed by atoms with van der Waals surface area (Å²) in [6, 6.07) is 12.8. The predicted octanol–water partition coefficient (Wildman–Crippen LogP) is 1.43. The van der Waals surface area contributed by atoms with Gasteiger partial charge in [0, 0.05) is 32.0 Å². The molecule has 7 nitrogen and oxygen atoms in total. The molecule has 2 aromatic rings. The Morgan fingerprint density at radius 2 is 1.96 bits per heavy atom. The van der Waals surface area contributed by atoms with Crippen molar-refractivity contribution in [2.75, 3.05) is 26.0 Å². The van der Waals surface area contributed by atoms with Gasteiger partial charge >= 0.3 is 0 Å². The number of aromatic nitrogens is 1. The monoisotopic (exact) mass is 377 g/mol. The summed E-state index contributed by atoms with van der Waals surface area (Å²) in [6.07, 6.45) is 4.61. The Morgan fingerprint density at radius 3 is 2.62 bits per heavy atom. The highest BCUT2D eigenvalue weighted by molar-refractivity contribution is 7.88. The minimum atomic E-state index is -3.38. The van der Waals surface area contributed by atoms with Crippen molar-refractivity contribution >= 4 is 15.9 Å². The Labute approximate surface area is 154 Å². The molecule has 0 bridgehead atoms. The van der Waals surface area contributed by atoms with Crippen molar-refractivity contribution in [3.05, 3.63) is 60.4 Å². The average Bonchev–Trinajstić information content (AvgIpc) is 2.62. The van der Waals surface area contributed by atoms with E-state index < -0.39 is 10.0 Å². The lowest BCUT2D eigenvalue weighted by atomic mass is 10.3. The second-order valence-corrected chi connectivity index (χ2v) is 7.70. The van der Waals surface area contributed by atoms with E-state index in [0.29, 0.717) is 5.75 Å². The topological polar surface area (TPSA) is 88.6 Å². The highest BCUT2D eigenvalue weighted by atomic mass is 32.2. The van der Waals surface area contributed by atoms with E-state index >= 15 is 0 Å². The van der Waals surface area contributed by atoms with Gasteiger partial charge in [0.05, 0.1) is 19.3 Å². The lowest BCUT2D eigenvalue weighted by Crippen LogP contribution is -2.38. The van der Waals surface area contributed by atoms with Gasteiger partial charge in [0.2, 0.25) is 15.9 Å². The van der Waals surface area contributed by atoms with E-state index in [9.17, 15) is 13.2 Å². The van der Waals surface area contributed by atoms with Gasteiger partial charge < -0.3 is 10.1 Å². The van der Waals surface area contributed by atoms with Crippen LogP contribution in [0.5, 0.6) is 5.75 Å². The summed E-state index contributed by atoms with van der Waals surface area (Å²) < 4.78 is 30.6. The van der Waals surface area contributed by atoms with Crippen LogP contribution in [-0.4, -0.2) is 49.6 Å². The number of amides is 1. The van der Waals surface area contributed by atoms with Gasteiger partial charge in [-0.15, -0.1) is 0 Å². The molecule has 0 saturated heterocycles. The van der Waals surface area contributed by atoms with Crippen molar-refractivity contribution in [2.24, 2.45) is 0 Å². The molecule has 1 N–H and O–H groups in total. The summed E-state index contributed by atoms with van der Waals surface area (Å²) in [6.45, 7) is 0.914. The number of hydrogen-bond acceptors (Lipinski definition) is 5. The number of sulfonamides is 1. The van der Waals surface area contributed by atoms with E-state index in [1.807, 2.05) is 36.4 Å². The predicted molar refractivity (Wildman–Crippen MR) is 99.1 cm³/mol. The van der Waals surface area contributed by atoms with Crippen molar-refractivity contribution in [3.8, 4) is 5.75 Å². The Morgan fingerprint density at radius 1 is 1.19 bits per heavy atom. The average molecular weight is 377 g/mol. The molecule has 1 aromatic carbocycles.